The zero-order valence-electron chi connectivity index (χ0n) is 10.4. The van der Waals surface area contributed by atoms with Crippen LogP contribution in [0.1, 0.15) is 6.92 Å². The van der Waals surface area contributed by atoms with Gasteiger partial charge in [-0.05, 0) is 25.5 Å². The summed E-state index contributed by atoms with van der Waals surface area (Å²) >= 11 is 0. The van der Waals surface area contributed by atoms with Crippen molar-refractivity contribution in [3.8, 4) is 0 Å². The van der Waals surface area contributed by atoms with Gasteiger partial charge >= 0.3 is 0 Å². The molecule has 1 atom stereocenters. The summed E-state index contributed by atoms with van der Waals surface area (Å²) < 4.78 is 0. The van der Waals surface area contributed by atoms with Gasteiger partial charge in [0.2, 0.25) is 0 Å². The van der Waals surface area contributed by atoms with Crippen LogP contribution in [-0.2, 0) is 0 Å². The lowest BCUT2D eigenvalue weighted by Gasteiger charge is -2.14. The summed E-state index contributed by atoms with van der Waals surface area (Å²) in [6, 6.07) is 20.9. The normalized spacial score (nSPS) is 13.1. The summed E-state index contributed by atoms with van der Waals surface area (Å²) in [4.78, 5) is 0. The highest BCUT2D eigenvalue weighted by Gasteiger charge is 2.09. The molecule has 1 N–H and O–H groups in total. The van der Waals surface area contributed by atoms with Crippen LogP contribution in [0, 0.1) is 0 Å². The van der Waals surface area contributed by atoms with Crippen LogP contribution in [0.4, 0.5) is 0 Å². The largest absolute Gasteiger partial charge is 0.389 e. The molecule has 0 aliphatic rings. The third kappa shape index (κ3) is 3.53. The molecular weight excluding hydrogens is 239 g/mol. The van der Waals surface area contributed by atoms with Crippen LogP contribution in [-0.4, -0.2) is 11.2 Å². The Morgan fingerprint density at radius 2 is 1.33 bits per heavy atom. The molecule has 2 rings (SSSR count). The standard InChI is InChI=1S/C16H17OP/c1-14(17)12-13-18(15-8-4-2-5-9-15)16-10-6-3-7-11-16/h2-14,17H,1H3/b13-12+. The quantitative estimate of drug-likeness (QED) is 0.834. The minimum atomic E-state index is -0.524. The molecular formula is C16H17OP. The van der Waals surface area contributed by atoms with Crippen LogP contribution in [0.2, 0.25) is 0 Å². The molecule has 0 aliphatic heterocycles. The number of rotatable bonds is 4. The highest BCUT2D eigenvalue weighted by Crippen LogP contribution is 2.34. The molecule has 0 aliphatic carbocycles. The van der Waals surface area contributed by atoms with Crippen molar-refractivity contribution in [2.24, 2.45) is 0 Å². The Labute approximate surface area is 110 Å². The summed E-state index contributed by atoms with van der Waals surface area (Å²) in [5.74, 6) is 2.13. The lowest BCUT2D eigenvalue weighted by Crippen LogP contribution is -2.09. The van der Waals surface area contributed by atoms with E-state index in [4.69, 9.17) is 0 Å². The van der Waals surface area contributed by atoms with Crippen molar-refractivity contribution in [1.82, 2.24) is 0 Å². The van der Waals surface area contributed by atoms with Crippen LogP contribution in [0.15, 0.2) is 72.6 Å². The van der Waals surface area contributed by atoms with Gasteiger partial charge in [-0.3, -0.25) is 0 Å². The second-order valence-corrected chi connectivity index (χ2v) is 6.19. The fraction of sp³-hybridized carbons (Fsp3) is 0.125. The van der Waals surface area contributed by atoms with Crippen molar-refractivity contribution in [3.05, 3.63) is 72.6 Å². The maximum absolute atomic E-state index is 9.42. The molecule has 0 radical (unpaired) electrons. The minimum Gasteiger partial charge on any atom is -0.389 e. The van der Waals surface area contributed by atoms with Crippen LogP contribution < -0.4 is 10.6 Å². The summed E-state index contributed by atoms with van der Waals surface area (Å²) in [6.45, 7) is 1.78. The van der Waals surface area contributed by atoms with Gasteiger partial charge in [0.25, 0.3) is 0 Å². The first-order valence-corrected chi connectivity index (χ1v) is 7.44. The molecule has 0 saturated heterocycles. The summed E-state index contributed by atoms with van der Waals surface area (Å²) in [5.41, 5.74) is 0. The van der Waals surface area contributed by atoms with Gasteiger partial charge in [-0.2, -0.15) is 0 Å². The Hall–Kier alpha value is -1.43. The van der Waals surface area contributed by atoms with Crippen molar-refractivity contribution in [1.29, 1.82) is 0 Å². The molecule has 1 nitrogen and oxygen atoms in total. The van der Waals surface area contributed by atoms with Gasteiger partial charge in [0, 0.05) is 0 Å². The van der Waals surface area contributed by atoms with Gasteiger partial charge in [-0.25, -0.2) is 0 Å². The first-order valence-electron chi connectivity index (χ1n) is 6.03. The highest BCUT2D eigenvalue weighted by atomic mass is 31.1. The molecule has 18 heavy (non-hydrogen) atoms. The minimum absolute atomic E-state index is 0.401. The van der Waals surface area contributed by atoms with Gasteiger partial charge in [-0.15, -0.1) is 0 Å². The van der Waals surface area contributed by atoms with Gasteiger partial charge in [0.15, 0.2) is 0 Å². The van der Waals surface area contributed by atoms with Gasteiger partial charge in [-0.1, -0.05) is 72.6 Å². The van der Waals surface area contributed by atoms with Gasteiger partial charge < -0.3 is 5.11 Å². The SMILES string of the molecule is CC(O)/C=C/P(c1ccccc1)c1ccccc1. The molecule has 2 heteroatoms. The van der Waals surface area contributed by atoms with Crippen molar-refractivity contribution in [2.75, 3.05) is 0 Å². The third-order valence-corrected chi connectivity index (χ3v) is 4.76. The molecule has 0 bridgehead atoms. The molecule has 0 spiro atoms. The molecule has 92 valence electrons. The summed E-state index contributed by atoms with van der Waals surface area (Å²) in [5, 5.41) is 12.0. The Morgan fingerprint density at radius 1 is 0.889 bits per heavy atom. The van der Waals surface area contributed by atoms with Crippen molar-refractivity contribution < 1.29 is 5.11 Å². The van der Waals surface area contributed by atoms with E-state index in [2.05, 4.69) is 54.3 Å². The van der Waals surface area contributed by atoms with E-state index in [9.17, 15) is 5.11 Å². The molecule has 1 unspecified atom stereocenters. The monoisotopic (exact) mass is 256 g/mol. The highest BCUT2D eigenvalue weighted by molar-refractivity contribution is 7.75. The maximum Gasteiger partial charge on any atom is 0.0696 e. The molecule has 2 aromatic carbocycles. The smallest absolute Gasteiger partial charge is 0.0696 e. The third-order valence-electron chi connectivity index (χ3n) is 2.58. The van der Waals surface area contributed by atoms with Gasteiger partial charge in [0.05, 0.1) is 6.10 Å². The van der Waals surface area contributed by atoms with Crippen LogP contribution >= 0.6 is 7.92 Å². The molecule has 2 aromatic rings. The predicted octanol–water partition coefficient (Wildman–Crippen LogP) is 3.01. The Morgan fingerprint density at radius 3 is 1.72 bits per heavy atom. The predicted molar refractivity (Wildman–Crippen MR) is 79.9 cm³/mol. The zero-order valence-corrected chi connectivity index (χ0v) is 11.3. The lowest BCUT2D eigenvalue weighted by molar-refractivity contribution is 0.244. The Kier molecular flexibility index (Phi) is 4.69. The van der Waals surface area contributed by atoms with E-state index in [1.165, 1.54) is 10.6 Å². The van der Waals surface area contributed by atoms with E-state index in [0.717, 1.165) is 0 Å². The van der Waals surface area contributed by atoms with Crippen molar-refractivity contribution >= 4 is 18.5 Å². The van der Waals surface area contributed by atoms with E-state index in [-0.39, 0.29) is 0 Å². The fourth-order valence-corrected chi connectivity index (χ4v) is 3.76. The fourth-order valence-electron chi connectivity index (χ4n) is 1.71. The Balaban J connectivity index is 2.35. The van der Waals surface area contributed by atoms with Crippen molar-refractivity contribution in [3.63, 3.8) is 0 Å². The summed E-state index contributed by atoms with van der Waals surface area (Å²) in [6.07, 6.45) is 1.47. The first kappa shape index (κ1) is 13.0. The van der Waals surface area contributed by atoms with E-state index in [0.29, 0.717) is 0 Å². The molecule has 0 fully saturated rings. The Bertz CT molecular complexity index is 452. The van der Waals surface area contributed by atoms with E-state index < -0.39 is 14.0 Å². The molecule has 0 saturated carbocycles. The van der Waals surface area contributed by atoms with Crippen molar-refractivity contribution in [2.45, 2.75) is 13.0 Å². The average Bonchev–Trinajstić information content (AvgIpc) is 2.41. The van der Waals surface area contributed by atoms with Gasteiger partial charge in [0.1, 0.15) is 0 Å². The number of hydrogen-bond donors (Lipinski definition) is 1. The first-order chi connectivity index (χ1) is 8.77. The van der Waals surface area contributed by atoms with Crippen LogP contribution in [0.25, 0.3) is 0 Å². The number of aliphatic hydroxyl groups is 1. The van der Waals surface area contributed by atoms with E-state index in [1.54, 1.807) is 6.92 Å². The zero-order chi connectivity index (χ0) is 12.8. The van der Waals surface area contributed by atoms with Crippen LogP contribution in [0.5, 0.6) is 0 Å². The number of hydrogen-bond acceptors (Lipinski definition) is 1. The second kappa shape index (κ2) is 6.49. The summed E-state index contributed by atoms with van der Waals surface area (Å²) in [7, 11) is -0.524. The second-order valence-electron chi connectivity index (χ2n) is 4.12. The van der Waals surface area contributed by atoms with Crippen LogP contribution in [0.3, 0.4) is 0 Å². The lowest BCUT2D eigenvalue weighted by atomic mass is 10.4. The molecule has 0 amide bonds. The van der Waals surface area contributed by atoms with E-state index in [1.807, 2.05) is 18.2 Å². The number of benzene rings is 2. The van der Waals surface area contributed by atoms with E-state index >= 15 is 0 Å². The average molecular weight is 256 g/mol. The molecule has 0 heterocycles. The number of aliphatic hydroxyl groups excluding tert-OH is 1. The molecule has 0 aromatic heterocycles. The maximum atomic E-state index is 9.42. The topological polar surface area (TPSA) is 20.2 Å².